The van der Waals surface area contributed by atoms with E-state index in [1.807, 2.05) is 50.4 Å². The summed E-state index contributed by atoms with van der Waals surface area (Å²) in [5.74, 6) is 0.460. The highest BCUT2D eigenvalue weighted by Crippen LogP contribution is 2.57. The molecule has 35 heavy (non-hydrogen) atoms. The van der Waals surface area contributed by atoms with Gasteiger partial charge in [0, 0.05) is 17.6 Å². The molecular formula is C24H23BrClN5O3S. The van der Waals surface area contributed by atoms with Crippen LogP contribution in [0.4, 0.5) is 5.82 Å². The molecule has 6 rings (SSSR count). The Morgan fingerprint density at radius 1 is 1.20 bits per heavy atom. The molecule has 2 aliphatic rings. The topological polar surface area (TPSA) is 97.3 Å². The van der Waals surface area contributed by atoms with Crippen LogP contribution in [-0.2, 0) is 9.47 Å². The first-order valence-corrected chi connectivity index (χ1v) is 13.2. The number of thioether (sulfide) groups is 1. The van der Waals surface area contributed by atoms with Crippen LogP contribution in [0.2, 0.25) is 5.15 Å². The second kappa shape index (κ2) is 8.21. The zero-order valence-electron chi connectivity index (χ0n) is 19.2. The molecule has 0 unspecified atom stereocenters. The minimum absolute atomic E-state index is 0.0748. The third-order valence-corrected chi connectivity index (χ3v) is 8.99. The Bertz CT molecular complexity index is 1470. The molecule has 3 aromatic heterocycles. The van der Waals surface area contributed by atoms with Crippen molar-refractivity contribution >= 4 is 67.0 Å². The van der Waals surface area contributed by atoms with E-state index in [1.165, 1.54) is 6.33 Å². The van der Waals surface area contributed by atoms with E-state index in [2.05, 4.69) is 42.4 Å². The van der Waals surface area contributed by atoms with Gasteiger partial charge >= 0.3 is 0 Å². The third-order valence-electron chi connectivity index (χ3n) is 6.43. The monoisotopic (exact) mass is 575 g/mol. The minimum atomic E-state index is -0.705. The van der Waals surface area contributed by atoms with Crippen molar-refractivity contribution in [1.29, 1.82) is 0 Å². The number of hydrogen-bond acceptors (Lipinski definition) is 8. The van der Waals surface area contributed by atoms with Crippen LogP contribution in [0.5, 0.6) is 5.75 Å². The molecule has 0 radical (unpaired) electrons. The first-order chi connectivity index (χ1) is 16.6. The number of benzene rings is 1. The highest BCUT2D eigenvalue weighted by atomic mass is 79.9. The van der Waals surface area contributed by atoms with Crippen molar-refractivity contribution in [2.45, 2.75) is 48.9 Å². The fraction of sp³-hybridized carbons (Fsp3) is 0.375. The molecule has 2 N–H and O–H groups in total. The van der Waals surface area contributed by atoms with E-state index in [0.29, 0.717) is 17.6 Å². The maximum atomic E-state index is 6.41. The predicted molar refractivity (Wildman–Crippen MR) is 141 cm³/mol. The highest BCUT2D eigenvalue weighted by molar-refractivity contribution is 9.10. The Labute approximate surface area is 219 Å². The van der Waals surface area contributed by atoms with Crippen molar-refractivity contribution in [3.63, 3.8) is 0 Å². The SMILES string of the molecule is CC1(C)O[C@H]2[C@H](n3ccc4c(Cl)ncnc43)S[C@](C)(COc3ccc4cc(Br)c(N)nc4c3)[C@H]2O1. The van der Waals surface area contributed by atoms with E-state index in [4.69, 9.17) is 31.5 Å². The maximum Gasteiger partial charge on any atom is 0.163 e. The summed E-state index contributed by atoms with van der Waals surface area (Å²) in [4.78, 5) is 13.1. The Hall–Kier alpha value is -2.11. The number of nitrogens with two attached hydrogens (primary N) is 1. The fourth-order valence-electron chi connectivity index (χ4n) is 4.81. The van der Waals surface area contributed by atoms with Crippen molar-refractivity contribution in [1.82, 2.24) is 19.5 Å². The predicted octanol–water partition coefficient (Wildman–Crippen LogP) is 5.58. The summed E-state index contributed by atoms with van der Waals surface area (Å²) in [5.41, 5.74) is 7.52. The van der Waals surface area contributed by atoms with E-state index >= 15 is 0 Å². The molecule has 0 bridgehead atoms. The average molecular weight is 577 g/mol. The lowest BCUT2D eigenvalue weighted by Gasteiger charge is -2.31. The van der Waals surface area contributed by atoms with Gasteiger partial charge in [0.1, 0.15) is 52.9 Å². The Morgan fingerprint density at radius 3 is 2.86 bits per heavy atom. The minimum Gasteiger partial charge on any atom is -0.492 e. The smallest absolute Gasteiger partial charge is 0.163 e. The standard InChI is InChI=1S/C24H23BrClN5O3S/c1-23(2)33-17-18(34-23)24(3,35-22(17)31-7-6-14-19(26)28-11-29-21(14)31)10-32-13-5-4-12-8-15(25)20(27)30-16(12)9-13/h4-9,11,17-18,22H,10H2,1-3H3,(H2,27,30)/t17-,18+,22-,24-/m1/s1. The summed E-state index contributed by atoms with van der Waals surface area (Å²) in [5, 5.41) is 2.15. The number of anilines is 1. The van der Waals surface area contributed by atoms with Gasteiger partial charge in [-0.15, -0.1) is 11.8 Å². The van der Waals surface area contributed by atoms with E-state index in [-0.39, 0.29) is 17.6 Å². The number of hydrogen-bond donors (Lipinski definition) is 1. The van der Waals surface area contributed by atoms with Gasteiger partial charge in [0.25, 0.3) is 0 Å². The Balaban J connectivity index is 1.31. The van der Waals surface area contributed by atoms with Crippen LogP contribution in [-0.4, -0.2) is 48.9 Å². The largest absolute Gasteiger partial charge is 0.492 e. The van der Waals surface area contributed by atoms with Gasteiger partial charge in [0.05, 0.1) is 20.1 Å². The molecule has 0 spiro atoms. The molecule has 182 valence electrons. The molecular weight excluding hydrogens is 554 g/mol. The van der Waals surface area contributed by atoms with Crippen molar-refractivity contribution < 1.29 is 14.2 Å². The number of pyridine rings is 1. The maximum absolute atomic E-state index is 6.41. The molecule has 0 saturated carbocycles. The number of nitrogens with zero attached hydrogens (tertiary/aromatic N) is 4. The number of halogens is 2. The van der Waals surface area contributed by atoms with Gasteiger partial charge in [-0.25, -0.2) is 15.0 Å². The summed E-state index contributed by atoms with van der Waals surface area (Å²) in [6.45, 7) is 6.46. The molecule has 11 heteroatoms. The molecule has 0 aliphatic carbocycles. The number of rotatable bonds is 4. The first-order valence-electron chi connectivity index (χ1n) is 11.1. The van der Waals surface area contributed by atoms with Crippen LogP contribution in [0.15, 0.2) is 47.3 Å². The molecule has 2 fully saturated rings. The summed E-state index contributed by atoms with van der Waals surface area (Å²) in [6.07, 6.45) is 3.09. The number of fused-ring (bicyclic) bond motifs is 3. The van der Waals surface area contributed by atoms with Crippen LogP contribution < -0.4 is 10.5 Å². The molecule has 4 aromatic rings. The normalized spacial score (nSPS) is 27.5. The third kappa shape index (κ3) is 3.95. The van der Waals surface area contributed by atoms with E-state index in [0.717, 1.165) is 32.2 Å². The van der Waals surface area contributed by atoms with Crippen molar-refractivity contribution in [2.75, 3.05) is 12.3 Å². The van der Waals surface area contributed by atoms with E-state index in [1.54, 1.807) is 11.8 Å². The van der Waals surface area contributed by atoms with Crippen LogP contribution in [0.25, 0.3) is 21.9 Å². The van der Waals surface area contributed by atoms with E-state index < -0.39 is 10.5 Å². The Kier molecular flexibility index (Phi) is 5.46. The molecule has 4 atom stereocenters. The second-order valence-corrected chi connectivity index (χ2v) is 12.3. The van der Waals surface area contributed by atoms with Crippen molar-refractivity contribution in [3.05, 3.63) is 52.5 Å². The van der Waals surface area contributed by atoms with Crippen molar-refractivity contribution in [2.24, 2.45) is 0 Å². The molecule has 0 amide bonds. The van der Waals surface area contributed by atoms with Crippen LogP contribution in [0.3, 0.4) is 0 Å². The van der Waals surface area contributed by atoms with Gasteiger partial charge in [-0.1, -0.05) is 11.6 Å². The van der Waals surface area contributed by atoms with Crippen LogP contribution >= 0.6 is 39.3 Å². The van der Waals surface area contributed by atoms with Gasteiger partial charge in [0.2, 0.25) is 0 Å². The van der Waals surface area contributed by atoms with Gasteiger partial charge in [-0.3, -0.25) is 0 Å². The molecule has 5 heterocycles. The van der Waals surface area contributed by atoms with Crippen LogP contribution in [0.1, 0.15) is 26.1 Å². The van der Waals surface area contributed by atoms with Gasteiger partial charge < -0.3 is 24.5 Å². The summed E-state index contributed by atoms with van der Waals surface area (Å²) in [6, 6.07) is 9.72. The molecule has 2 aliphatic heterocycles. The lowest BCUT2D eigenvalue weighted by atomic mass is 10.00. The lowest BCUT2D eigenvalue weighted by molar-refractivity contribution is -0.151. The van der Waals surface area contributed by atoms with E-state index in [9.17, 15) is 0 Å². The van der Waals surface area contributed by atoms with Crippen LogP contribution in [0, 0.1) is 0 Å². The molecule has 1 aromatic carbocycles. The van der Waals surface area contributed by atoms with Crippen molar-refractivity contribution in [3.8, 4) is 5.75 Å². The lowest BCUT2D eigenvalue weighted by Crippen LogP contribution is -2.42. The number of aromatic nitrogens is 4. The molecule has 2 saturated heterocycles. The first kappa shape index (κ1) is 23.3. The fourth-order valence-corrected chi connectivity index (χ4v) is 6.95. The number of ether oxygens (including phenoxy) is 3. The highest BCUT2D eigenvalue weighted by Gasteiger charge is 2.61. The summed E-state index contributed by atoms with van der Waals surface area (Å²) < 4.78 is 21.6. The Morgan fingerprint density at radius 2 is 2.03 bits per heavy atom. The number of nitrogen functional groups attached to an aromatic ring is 1. The molecule has 8 nitrogen and oxygen atoms in total. The summed E-state index contributed by atoms with van der Waals surface area (Å²) in [7, 11) is 0. The summed E-state index contributed by atoms with van der Waals surface area (Å²) >= 11 is 11.5. The van der Waals surface area contributed by atoms with Gasteiger partial charge in [0.15, 0.2) is 5.79 Å². The average Bonchev–Trinajstić information content (AvgIpc) is 3.45. The van der Waals surface area contributed by atoms with Gasteiger partial charge in [-0.05, 0) is 61.0 Å². The van der Waals surface area contributed by atoms with Gasteiger partial charge in [-0.2, -0.15) is 0 Å². The second-order valence-electron chi connectivity index (χ2n) is 9.47. The zero-order valence-corrected chi connectivity index (χ0v) is 22.4. The zero-order chi connectivity index (χ0) is 24.5. The quantitative estimate of drug-likeness (QED) is 0.315.